The second-order valence-corrected chi connectivity index (χ2v) is 23.4. The number of aliphatic hydroxyl groups is 1. The lowest BCUT2D eigenvalue weighted by molar-refractivity contribution is -0.145. The molecule has 5 aromatic rings. The molecule has 0 unspecified atom stereocenters. The van der Waals surface area contributed by atoms with E-state index in [1.807, 2.05) is 45.0 Å². The van der Waals surface area contributed by atoms with Crippen molar-refractivity contribution in [2.45, 2.75) is 128 Å². The molecule has 0 saturated carbocycles. The van der Waals surface area contributed by atoms with Crippen LogP contribution < -0.4 is 31.2 Å². The Bertz CT molecular complexity index is 3380. The maximum atomic E-state index is 14.6. The Hall–Kier alpha value is -8.36. The van der Waals surface area contributed by atoms with Crippen LogP contribution in [0.2, 0.25) is 0 Å². The number of nitrogens with two attached hydrogens (primary N) is 1. The normalized spacial score (nSPS) is 19.6. The summed E-state index contributed by atoms with van der Waals surface area (Å²) in [5.74, 6) is -1.12. The number of nitrogens with one attached hydrogen (secondary N) is 4. The molecule has 3 fully saturated rings. The molecule has 2 aromatic heterocycles. The molecule has 7 amide bonds. The number of primary amides is 1. The van der Waals surface area contributed by atoms with Crippen LogP contribution in [-0.4, -0.2) is 156 Å². The number of aromatic nitrogens is 2. The van der Waals surface area contributed by atoms with Crippen LogP contribution >= 0.6 is 7.60 Å². The molecule has 25 heteroatoms. The van der Waals surface area contributed by atoms with Crippen LogP contribution in [0.25, 0.3) is 10.9 Å². The third-order valence-corrected chi connectivity index (χ3v) is 16.4. The fourth-order valence-corrected chi connectivity index (χ4v) is 11.6. The number of H-pyrrole nitrogens is 1. The number of aromatic amines is 1. The summed E-state index contributed by atoms with van der Waals surface area (Å²) in [5, 5.41) is 23.6. The molecule has 0 radical (unpaired) electrons. The number of ether oxygens (including phenoxy) is 2. The predicted octanol–water partition coefficient (Wildman–Crippen LogP) is 3.33. The van der Waals surface area contributed by atoms with Crippen molar-refractivity contribution in [2.75, 3.05) is 32.8 Å². The van der Waals surface area contributed by atoms with Gasteiger partial charge in [-0.25, -0.2) is 0 Å². The van der Waals surface area contributed by atoms with Crippen LogP contribution in [0.4, 0.5) is 0 Å². The van der Waals surface area contributed by atoms with Crippen molar-refractivity contribution in [3.8, 4) is 24.0 Å². The lowest BCUT2D eigenvalue weighted by atomic mass is 9.91. The van der Waals surface area contributed by atoms with E-state index in [2.05, 4.69) is 32.0 Å². The molecule has 9 N–H and O–H groups in total. The lowest BCUT2D eigenvalue weighted by Crippen LogP contribution is -2.61. The van der Waals surface area contributed by atoms with Crippen LogP contribution in [0, 0.1) is 25.2 Å². The Morgan fingerprint density at radius 1 is 0.964 bits per heavy atom. The number of fused-ring (bicyclic) bond motifs is 2. The summed E-state index contributed by atoms with van der Waals surface area (Å²) in [5.41, 5.74) is 7.53. The average molecular weight is 1180 g/mol. The number of carbonyl (C=O) groups is 8. The first-order chi connectivity index (χ1) is 40.0. The maximum absolute atomic E-state index is 14.6. The minimum atomic E-state index is -5.09. The molecule has 0 aliphatic carbocycles. The number of aryl methyl sites for hydroxylation is 1. The van der Waals surface area contributed by atoms with Gasteiger partial charge in [0.25, 0.3) is 17.3 Å². The van der Waals surface area contributed by atoms with Crippen LogP contribution in [0.5, 0.6) is 11.6 Å². The average Bonchev–Trinajstić information content (AvgIpc) is 2.62. The highest BCUT2D eigenvalue weighted by Crippen LogP contribution is 2.40. The fraction of sp³-hybridized carbons (Fsp3) is 0.441. The van der Waals surface area contributed by atoms with Crippen LogP contribution in [-0.2, 0) is 46.3 Å². The Kier molecular flexibility index (Phi) is 19.8. The zero-order valence-electron chi connectivity index (χ0n) is 47.1. The van der Waals surface area contributed by atoms with Gasteiger partial charge in [-0.15, -0.1) is 6.42 Å². The molecule has 5 heterocycles. The minimum absolute atomic E-state index is 0.0187. The first kappa shape index (κ1) is 61.7. The number of hydrogen-bond donors (Lipinski definition) is 8. The number of terminal acetylenes is 1. The smallest absolute Gasteiger partial charge is 0.396 e. The van der Waals surface area contributed by atoms with Gasteiger partial charge in [0, 0.05) is 80.1 Å². The van der Waals surface area contributed by atoms with Crippen LogP contribution in [0.3, 0.4) is 0 Å². The summed E-state index contributed by atoms with van der Waals surface area (Å²) in [7, 11) is -5.09. The number of hydrogen-bond acceptors (Lipinski definition) is 14. The van der Waals surface area contributed by atoms with Crippen molar-refractivity contribution in [3.63, 3.8) is 0 Å². The molecule has 0 bridgehead atoms. The van der Waals surface area contributed by atoms with Gasteiger partial charge in [-0.1, -0.05) is 44.0 Å². The summed E-state index contributed by atoms with van der Waals surface area (Å²) >= 11 is 0. The topological polar surface area (TPSA) is 346 Å². The van der Waals surface area contributed by atoms with Gasteiger partial charge >= 0.3 is 7.60 Å². The second-order valence-electron chi connectivity index (χ2n) is 21.9. The van der Waals surface area contributed by atoms with Crippen molar-refractivity contribution in [3.05, 3.63) is 112 Å². The molecule has 3 aromatic carbocycles. The number of rotatable bonds is 23. The van der Waals surface area contributed by atoms with Gasteiger partial charge in [0.15, 0.2) is 5.76 Å². The van der Waals surface area contributed by atoms with Gasteiger partial charge in [0.2, 0.25) is 35.4 Å². The zero-order chi connectivity index (χ0) is 60.6. The Labute approximate surface area is 484 Å². The van der Waals surface area contributed by atoms with E-state index < -0.39 is 84.9 Å². The molecule has 0 spiro atoms. The van der Waals surface area contributed by atoms with Gasteiger partial charge in [-0.2, -0.15) is 0 Å². The largest absolute Gasteiger partial charge is 0.491 e. The summed E-state index contributed by atoms with van der Waals surface area (Å²) in [6.07, 6.45) is 6.85. The third kappa shape index (κ3) is 14.9. The molecule has 8 rings (SSSR count). The highest BCUT2D eigenvalue weighted by atomic mass is 31.2. The quantitative estimate of drug-likeness (QED) is 0.0264. The number of carbonyl (C=O) groups excluding carboxylic acids is 8. The Balaban J connectivity index is 0.863. The second kappa shape index (κ2) is 26.9. The SMILES string of the molecule is C#Cc1ccc(CNC(=O)[C@@H]2C[C@@H](O)CN2C(=O)[C@@H](c2cc(OCCCc3cccc(OC[C@H](CCC(N)=O)NC(=O)[C@@H]4CC[C@@H]5CCN(C(C)=O)C[C@H](NC(=O)c6cc7cc(C(=O)P(=O)(O)O)ccc7[nH]6)C(=O)N54)c3C)no2)C(C)C)cc1. The van der Waals surface area contributed by atoms with E-state index in [1.54, 1.807) is 24.3 Å². The van der Waals surface area contributed by atoms with Crippen molar-refractivity contribution in [2.24, 2.45) is 11.7 Å². The summed E-state index contributed by atoms with van der Waals surface area (Å²) < 4.78 is 29.6. The molecule has 24 nitrogen and oxygen atoms in total. The molecule has 3 aliphatic heterocycles. The lowest BCUT2D eigenvalue weighted by Gasteiger charge is -2.38. The van der Waals surface area contributed by atoms with Gasteiger partial charge in [-0.3, -0.25) is 42.9 Å². The summed E-state index contributed by atoms with van der Waals surface area (Å²) in [6.45, 7) is 7.35. The van der Waals surface area contributed by atoms with Gasteiger partial charge in [0.05, 0.1) is 18.8 Å². The molecular formula is C59H70N9O15P. The molecule has 3 aliphatic rings. The van der Waals surface area contributed by atoms with E-state index >= 15 is 0 Å². The molecule has 7 atom stereocenters. The monoisotopic (exact) mass is 1180 g/mol. The zero-order valence-corrected chi connectivity index (χ0v) is 48.0. The Morgan fingerprint density at radius 2 is 1.73 bits per heavy atom. The van der Waals surface area contributed by atoms with E-state index in [0.29, 0.717) is 47.9 Å². The standard InChI is InChI=1S/C59H70N9O15P/c1-6-36-12-14-37(15-13-36)29-61-55(73)48-27-43(70)30-67(48)58(76)53(33(2)3)50-28-52(65-83-50)81-24-8-10-38-9-7-11-49(34(38)4)82-32-41(17-21-51(60)71)62-56(74)47-20-18-42-22-23-66(35(5)69)31-46(57(75)68(42)47)64-54(72)45-26-40-25-39(16-19-44(40)63-45)59(77)84(78,79)80/h1,7,9,11-16,19,25-26,28,33,41-43,46-48,53,63,70H,8,10,17-18,20-24,27,29-32H2,2-5H3,(H2,60,71)(H,61,73)(H,62,74)(H,64,72)(H2,78,79,80)/t41-,42+,43+,46-,47-,48-,53+/m0/s1. The van der Waals surface area contributed by atoms with E-state index in [0.717, 1.165) is 16.7 Å². The molecular weight excluding hydrogens is 1110 g/mol. The number of amides is 7. The number of benzene rings is 3. The van der Waals surface area contributed by atoms with Gasteiger partial charge in [-0.05, 0) is 116 Å². The Morgan fingerprint density at radius 3 is 2.43 bits per heavy atom. The number of β-amino-alcohol motifs (C(OH)–C–C–N with tert-alkyl or cyclic N) is 1. The minimum Gasteiger partial charge on any atom is -0.491 e. The third-order valence-electron chi connectivity index (χ3n) is 15.6. The van der Waals surface area contributed by atoms with Crippen molar-refractivity contribution >= 4 is 65.4 Å². The van der Waals surface area contributed by atoms with E-state index in [-0.39, 0.29) is 106 Å². The van der Waals surface area contributed by atoms with Crippen molar-refractivity contribution in [1.29, 1.82) is 0 Å². The maximum Gasteiger partial charge on any atom is 0.396 e. The number of nitrogens with zero attached hydrogens (tertiary/aromatic N) is 4. The van der Waals surface area contributed by atoms with Gasteiger partial charge < -0.3 is 70.3 Å². The number of likely N-dealkylation sites (tertiary alicyclic amines) is 1. The summed E-state index contributed by atoms with van der Waals surface area (Å²) in [6, 6.07) is 15.1. The van der Waals surface area contributed by atoms with Crippen LogP contribution in [0.1, 0.15) is 120 Å². The first-order valence-corrected chi connectivity index (χ1v) is 29.4. The van der Waals surface area contributed by atoms with Gasteiger partial charge in [0.1, 0.15) is 42.1 Å². The van der Waals surface area contributed by atoms with E-state index in [4.69, 9.17) is 26.2 Å². The highest BCUT2D eigenvalue weighted by molar-refractivity contribution is 7.70. The summed E-state index contributed by atoms with van der Waals surface area (Å²) in [4.78, 5) is 133. The highest BCUT2D eigenvalue weighted by Gasteiger charge is 2.46. The fourth-order valence-electron chi connectivity index (χ4n) is 11.1. The van der Waals surface area contributed by atoms with Crippen molar-refractivity contribution < 1.29 is 71.8 Å². The molecule has 446 valence electrons. The van der Waals surface area contributed by atoms with E-state index in [9.17, 15) is 57.8 Å². The molecule has 84 heavy (non-hydrogen) atoms. The number of aliphatic hydroxyl groups excluding tert-OH is 1. The van der Waals surface area contributed by atoms with Crippen molar-refractivity contribution in [1.82, 2.24) is 40.8 Å². The van der Waals surface area contributed by atoms with Crippen LogP contribution in [0.15, 0.2) is 77.3 Å². The predicted molar refractivity (Wildman–Crippen MR) is 304 cm³/mol. The molecule has 3 saturated heterocycles. The first-order valence-electron chi connectivity index (χ1n) is 27.8. The van der Waals surface area contributed by atoms with E-state index in [1.165, 1.54) is 45.9 Å².